The summed E-state index contributed by atoms with van der Waals surface area (Å²) in [6, 6.07) is 2.49. The normalized spacial score (nSPS) is 32.4. The van der Waals surface area contributed by atoms with Gasteiger partial charge >= 0.3 is 12.1 Å². The molecule has 8 atom stereocenters. The second kappa shape index (κ2) is 16.0. The molecule has 13 nitrogen and oxygen atoms in total. The average Bonchev–Trinajstić information content (AvgIpc) is 3.76. The lowest BCUT2D eigenvalue weighted by Crippen LogP contribution is -2.62. The molecule has 1 unspecified atom stereocenters. The van der Waals surface area contributed by atoms with E-state index in [0.717, 1.165) is 11.1 Å². The molecule has 0 aliphatic carbocycles. The van der Waals surface area contributed by atoms with E-state index in [4.69, 9.17) is 25.8 Å². The van der Waals surface area contributed by atoms with Crippen LogP contribution in [0.25, 0.3) is 0 Å². The zero-order chi connectivity index (χ0) is 37.1. The lowest BCUT2D eigenvalue weighted by molar-refractivity contribution is -0.161. The third kappa shape index (κ3) is 8.48. The summed E-state index contributed by atoms with van der Waals surface area (Å²) in [7, 11) is 3.02. The molecule has 3 aliphatic heterocycles. The molecule has 1 aromatic rings. The van der Waals surface area contributed by atoms with Gasteiger partial charge in [0.2, 0.25) is 11.8 Å². The van der Waals surface area contributed by atoms with E-state index < -0.39 is 72.1 Å². The number of aliphatic hydroxyl groups is 3. The van der Waals surface area contributed by atoms with Crippen LogP contribution in [-0.4, -0.2) is 106 Å². The Labute approximate surface area is 303 Å². The number of aliphatic hydroxyl groups excluding tert-OH is 2. The molecule has 0 aromatic heterocycles. The summed E-state index contributed by atoms with van der Waals surface area (Å²) in [5.41, 5.74) is -0.716. The monoisotopic (exact) mass is 737 g/mol. The van der Waals surface area contributed by atoms with Crippen LogP contribution in [0.4, 0.5) is 10.5 Å². The van der Waals surface area contributed by atoms with E-state index in [-0.39, 0.29) is 36.8 Å². The van der Waals surface area contributed by atoms with Gasteiger partial charge in [-0.15, -0.1) is 0 Å². The van der Waals surface area contributed by atoms with Crippen LogP contribution in [0.5, 0.6) is 0 Å². The zero-order valence-electron chi connectivity index (χ0n) is 29.2. The standard InChI is InChI=1S/C35H48ClN3O10S/c1-19-8-7-9-24(18-41)35(46)16-26(47-33(45)37-35)20(2)31-34(4,49-31)27(48-32(44)21(3)38(5)28(42)10-11-50)15-29(43)39(6)25-14-22(12-19)13-23(17-40)30(25)36/h7-9,13-14,20-21,24,26-27,31,40-41,46,50H,10-12,15-18H2,1-6H3,(H,37,45)/b9-7+,19-8+/t20-,21+,24+,26+,27+,31?,34-,35+/m1/s1. The van der Waals surface area contributed by atoms with Gasteiger partial charge in [0.15, 0.2) is 5.72 Å². The van der Waals surface area contributed by atoms with Crippen molar-refractivity contribution in [2.24, 2.45) is 11.8 Å². The minimum Gasteiger partial charge on any atom is -0.457 e. The summed E-state index contributed by atoms with van der Waals surface area (Å²) in [4.78, 5) is 55.4. The first kappa shape index (κ1) is 39.6. The number of esters is 1. The Morgan fingerprint density at radius 1 is 1.28 bits per heavy atom. The Morgan fingerprint density at radius 3 is 2.62 bits per heavy atom. The smallest absolute Gasteiger partial charge is 0.409 e. The maximum atomic E-state index is 14.0. The summed E-state index contributed by atoms with van der Waals surface area (Å²) in [6.45, 7) is 5.99. The van der Waals surface area contributed by atoms with E-state index in [9.17, 15) is 34.5 Å². The number of anilines is 1. The van der Waals surface area contributed by atoms with E-state index in [2.05, 4.69) is 17.9 Å². The number of hydrogen-bond donors (Lipinski definition) is 5. The number of epoxide rings is 1. The van der Waals surface area contributed by atoms with E-state index in [1.807, 2.05) is 6.92 Å². The molecule has 3 heterocycles. The lowest BCUT2D eigenvalue weighted by Gasteiger charge is -2.42. The average molecular weight is 738 g/mol. The Balaban J connectivity index is 1.78. The van der Waals surface area contributed by atoms with Gasteiger partial charge in [-0.2, -0.15) is 12.6 Å². The highest BCUT2D eigenvalue weighted by molar-refractivity contribution is 7.80. The van der Waals surface area contributed by atoms with Crippen molar-refractivity contribution in [1.29, 1.82) is 0 Å². The van der Waals surface area contributed by atoms with Crippen LogP contribution in [0.1, 0.15) is 58.1 Å². The number of carbonyl (C=O) groups excluding carboxylic acids is 4. The molecule has 50 heavy (non-hydrogen) atoms. The number of thiol groups is 1. The van der Waals surface area contributed by atoms with Crippen molar-refractivity contribution >= 4 is 53.8 Å². The van der Waals surface area contributed by atoms with E-state index >= 15 is 0 Å². The second-order valence-corrected chi connectivity index (χ2v) is 14.5. The number of hydrogen-bond acceptors (Lipinski definition) is 11. The number of rotatable bonds is 7. The van der Waals surface area contributed by atoms with Crippen LogP contribution < -0.4 is 10.2 Å². The molecule has 1 aromatic carbocycles. The Kier molecular flexibility index (Phi) is 12.7. The number of nitrogens with one attached hydrogen (secondary N) is 1. The number of likely N-dealkylation sites (N-methyl/N-ethyl adjacent to an activating group) is 1. The molecule has 4 N–H and O–H groups in total. The number of amides is 3. The van der Waals surface area contributed by atoms with Crippen LogP contribution in [0, 0.1) is 11.8 Å². The Hall–Kier alpha value is -3.14. The SMILES string of the molecule is C/C1=C\C=C\[C@@H](CO)[C@@]2(O)C[C@H](OC(=O)N2)[C@@H](C)C2O[C@]2(C)[C@@H](OC(=O)[C@H](C)N(C)C(=O)CCS)CC(=O)N(C)c2cc(cc(CO)c2Cl)C1. The van der Waals surface area contributed by atoms with E-state index in [1.54, 1.807) is 44.2 Å². The van der Waals surface area contributed by atoms with Crippen LogP contribution in [0.3, 0.4) is 0 Å². The highest BCUT2D eigenvalue weighted by atomic mass is 35.5. The zero-order valence-corrected chi connectivity index (χ0v) is 30.9. The molecule has 0 saturated carbocycles. The van der Waals surface area contributed by atoms with Gasteiger partial charge in [-0.05, 0) is 50.1 Å². The number of carbonyl (C=O) groups is 4. The topological polar surface area (TPSA) is 178 Å². The largest absolute Gasteiger partial charge is 0.457 e. The van der Waals surface area contributed by atoms with Crippen LogP contribution in [-0.2, 0) is 41.6 Å². The van der Waals surface area contributed by atoms with Crippen LogP contribution in [0.2, 0.25) is 5.02 Å². The summed E-state index contributed by atoms with van der Waals surface area (Å²) < 4.78 is 17.8. The fourth-order valence-electron chi connectivity index (χ4n) is 6.58. The van der Waals surface area contributed by atoms with Crippen molar-refractivity contribution < 1.29 is 48.7 Å². The lowest BCUT2D eigenvalue weighted by atomic mass is 9.81. The van der Waals surface area contributed by atoms with Gasteiger partial charge in [0.05, 0.1) is 36.4 Å². The minimum atomic E-state index is -1.86. The molecule has 15 heteroatoms. The fraction of sp³-hybridized carbons (Fsp3) is 0.600. The summed E-state index contributed by atoms with van der Waals surface area (Å²) in [6.07, 6.45) is 1.58. The maximum Gasteiger partial charge on any atom is 0.409 e. The van der Waals surface area contributed by atoms with Gasteiger partial charge in [-0.25, -0.2) is 9.59 Å². The van der Waals surface area contributed by atoms with Crippen molar-refractivity contribution in [2.75, 3.05) is 31.4 Å². The molecular formula is C35H48ClN3O10S. The first-order valence-electron chi connectivity index (χ1n) is 16.6. The summed E-state index contributed by atoms with van der Waals surface area (Å²) in [5, 5.41) is 34.7. The third-order valence-corrected chi connectivity index (χ3v) is 10.7. The highest BCUT2D eigenvalue weighted by Gasteiger charge is 2.64. The first-order chi connectivity index (χ1) is 23.5. The predicted molar refractivity (Wildman–Crippen MR) is 189 cm³/mol. The molecular weight excluding hydrogens is 690 g/mol. The molecule has 4 rings (SSSR count). The number of nitrogens with zero attached hydrogens (tertiary/aromatic N) is 2. The molecule has 3 aliphatic rings. The summed E-state index contributed by atoms with van der Waals surface area (Å²) in [5.74, 6) is -2.70. The van der Waals surface area contributed by atoms with Crippen molar-refractivity contribution in [1.82, 2.24) is 10.2 Å². The molecule has 0 radical (unpaired) electrons. The highest BCUT2D eigenvalue weighted by Crippen LogP contribution is 2.49. The van der Waals surface area contributed by atoms with Crippen molar-refractivity contribution in [3.63, 3.8) is 0 Å². The van der Waals surface area contributed by atoms with Gasteiger partial charge in [-0.3, -0.25) is 14.9 Å². The molecule has 276 valence electrons. The number of ether oxygens (including phenoxy) is 3. The second-order valence-electron chi connectivity index (χ2n) is 13.6. The number of fused-ring (bicyclic) bond motifs is 5. The summed E-state index contributed by atoms with van der Waals surface area (Å²) >= 11 is 10.8. The number of benzene rings is 1. The first-order valence-corrected chi connectivity index (χ1v) is 17.6. The van der Waals surface area contributed by atoms with E-state index in [1.165, 1.54) is 30.8 Å². The Bertz CT molecular complexity index is 1540. The molecule has 4 bridgehead atoms. The number of halogens is 1. The number of alkyl carbamates (subject to hydrolysis) is 1. The quantitative estimate of drug-likeness (QED) is 0.159. The predicted octanol–water partition coefficient (Wildman–Crippen LogP) is 2.91. The van der Waals surface area contributed by atoms with Gasteiger partial charge in [0.25, 0.3) is 0 Å². The van der Waals surface area contributed by atoms with Crippen molar-refractivity contribution in [2.45, 2.75) is 95.7 Å². The van der Waals surface area contributed by atoms with Crippen molar-refractivity contribution in [3.05, 3.63) is 52.1 Å². The third-order valence-electron chi connectivity index (χ3n) is 10.1. The van der Waals surface area contributed by atoms with Gasteiger partial charge in [0.1, 0.15) is 23.9 Å². The number of allylic oxidation sites excluding steroid dienone is 3. The van der Waals surface area contributed by atoms with Crippen LogP contribution >= 0.6 is 24.2 Å². The molecule has 3 amide bonds. The van der Waals surface area contributed by atoms with Gasteiger partial charge in [-0.1, -0.05) is 48.4 Å². The molecule has 2 fully saturated rings. The maximum absolute atomic E-state index is 14.0. The molecule has 2 saturated heterocycles. The fourth-order valence-corrected chi connectivity index (χ4v) is 7.07. The van der Waals surface area contributed by atoms with E-state index in [0.29, 0.717) is 23.4 Å². The minimum absolute atomic E-state index is 0.0937. The Morgan fingerprint density at radius 2 is 1.98 bits per heavy atom. The van der Waals surface area contributed by atoms with Gasteiger partial charge in [0, 0.05) is 38.8 Å². The molecule has 0 spiro atoms. The van der Waals surface area contributed by atoms with Crippen LogP contribution in [0.15, 0.2) is 35.9 Å². The van der Waals surface area contributed by atoms with Crippen molar-refractivity contribution in [3.8, 4) is 0 Å². The van der Waals surface area contributed by atoms with Gasteiger partial charge < -0.3 is 39.3 Å².